The smallest absolute Gasteiger partial charge is 0.0818 e. The minimum Gasteiger partial charge on any atom is -0.376 e. The maximum absolute atomic E-state index is 6.23. The molecule has 1 aromatic carbocycles. The van der Waals surface area contributed by atoms with Gasteiger partial charge in [-0.05, 0) is 99.0 Å². The van der Waals surface area contributed by atoms with E-state index in [0.29, 0.717) is 6.04 Å². The molecular weight excluding hydrogens is 384 g/mol. The summed E-state index contributed by atoms with van der Waals surface area (Å²) in [6.07, 6.45) is 11.2. The Hall–Kier alpha value is -0.930. The first-order valence-electron chi connectivity index (χ1n) is 12.5. The number of nitrogens with one attached hydrogen (secondary N) is 1. The van der Waals surface area contributed by atoms with Gasteiger partial charge in [-0.2, -0.15) is 0 Å². The molecular formula is C27H42N2S. The van der Waals surface area contributed by atoms with E-state index in [-0.39, 0.29) is 10.8 Å². The third-order valence-corrected chi connectivity index (χ3v) is 9.95. The summed E-state index contributed by atoms with van der Waals surface area (Å²) < 4.78 is 0. The van der Waals surface area contributed by atoms with Gasteiger partial charge in [0.2, 0.25) is 0 Å². The lowest BCUT2D eigenvalue weighted by Crippen LogP contribution is -2.56. The molecule has 0 radical (unpaired) electrons. The minimum atomic E-state index is 0.146. The van der Waals surface area contributed by atoms with Crippen LogP contribution in [0.25, 0.3) is 0 Å². The van der Waals surface area contributed by atoms with Crippen LogP contribution in [-0.4, -0.2) is 17.6 Å². The number of nitrogens with two attached hydrogens (primary N) is 1. The van der Waals surface area contributed by atoms with E-state index in [1.165, 1.54) is 56.4 Å². The molecule has 3 N–H and O–H groups in total. The van der Waals surface area contributed by atoms with Gasteiger partial charge in [0.25, 0.3) is 0 Å². The van der Waals surface area contributed by atoms with Crippen LogP contribution in [-0.2, 0) is 5.41 Å². The summed E-state index contributed by atoms with van der Waals surface area (Å²) in [7, 11) is 0. The predicted octanol–water partition coefficient (Wildman–Crippen LogP) is 6.23. The maximum Gasteiger partial charge on any atom is 0.0818 e. The Morgan fingerprint density at radius 2 is 1.77 bits per heavy atom. The average molecular weight is 427 g/mol. The van der Waals surface area contributed by atoms with Crippen molar-refractivity contribution in [1.82, 2.24) is 5.32 Å². The van der Waals surface area contributed by atoms with E-state index >= 15 is 0 Å². The van der Waals surface area contributed by atoms with E-state index in [0.717, 1.165) is 36.6 Å². The Kier molecular flexibility index (Phi) is 6.61. The van der Waals surface area contributed by atoms with E-state index < -0.39 is 0 Å². The number of hydrogen-bond acceptors (Lipinski definition) is 2. The van der Waals surface area contributed by atoms with Crippen molar-refractivity contribution in [2.45, 2.75) is 90.0 Å². The van der Waals surface area contributed by atoms with Crippen molar-refractivity contribution < 1.29 is 0 Å². The number of fused-ring (bicyclic) bond motifs is 2. The van der Waals surface area contributed by atoms with Crippen LogP contribution in [0.3, 0.4) is 0 Å². The SMILES string of the molecule is CCC1(C(=S)N[C@H]2CC[C@H](CN)CC2)CC2CC(c3ccccc3)(CC(C)C2C)C1. The van der Waals surface area contributed by atoms with Crippen LogP contribution in [0.2, 0.25) is 0 Å². The molecule has 3 fully saturated rings. The van der Waals surface area contributed by atoms with Crippen LogP contribution < -0.4 is 11.1 Å². The van der Waals surface area contributed by atoms with Gasteiger partial charge < -0.3 is 11.1 Å². The zero-order chi connectivity index (χ0) is 21.4. The van der Waals surface area contributed by atoms with Crippen molar-refractivity contribution >= 4 is 17.2 Å². The lowest BCUT2D eigenvalue weighted by Gasteiger charge is -2.58. The van der Waals surface area contributed by atoms with Crippen molar-refractivity contribution in [3.05, 3.63) is 35.9 Å². The number of hydrogen-bond donors (Lipinski definition) is 2. The molecule has 0 aliphatic heterocycles. The first kappa shape index (κ1) is 22.3. The molecule has 3 saturated carbocycles. The summed E-state index contributed by atoms with van der Waals surface area (Å²) in [5.74, 6) is 3.06. The topological polar surface area (TPSA) is 38.0 Å². The zero-order valence-electron chi connectivity index (χ0n) is 19.3. The van der Waals surface area contributed by atoms with Crippen molar-refractivity contribution in [1.29, 1.82) is 0 Å². The standard InChI is InChI=1S/C27H42N2S/c1-4-26(25(30)29-24-12-10-21(17-28)11-13-24)15-22-16-27(18-26,14-19(2)20(22)3)23-8-6-5-7-9-23/h5-9,19-22,24H,4,10-18,28H2,1-3H3,(H,29,30)/t19?,20?,21-,22?,24-,26?,27?. The van der Waals surface area contributed by atoms with E-state index in [4.69, 9.17) is 18.0 Å². The zero-order valence-corrected chi connectivity index (χ0v) is 20.1. The van der Waals surface area contributed by atoms with Gasteiger partial charge in [-0.1, -0.05) is 63.3 Å². The second-order valence-electron chi connectivity index (χ2n) is 11.1. The van der Waals surface area contributed by atoms with Gasteiger partial charge in [0, 0.05) is 11.5 Å². The summed E-state index contributed by atoms with van der Waals surface area (Å²) in [5, 5.41) is 3.90. The molecule has 3 heteroatoms. The first-order valence-corrected chi connectivity index (χ1v) is 12.9. The third-order valence-electron chi connectivity index (χ3n) is 9.40. The van der Waals surface area contributed by atoms with Crippen molar-refractivity contribution in [2.24, 2.45) is 34.8 Å². The van der Waals surface area contributed by atoms with E-state index in [2.05, 4.69) is 56.4 Å². The summed E-state index contributed by atoms with van der Waals surface area (Å²) >= 11 is 6.23. The van der Waals surface area contributed by atoms with Crippen LogP contribution in [0, 0.1) is 29.1 Å². The summed E-state index contributed by atoms with van der Waals surface area (Å²) in [4.78, 5) is 1.17. The Morgan fingerprint density at radius 3 is 2.40 bits per heavy atom. The third kappa shape index (κ3) is 4.09. The van der Waals surface area contributed by atoms with Gasteiger partial charge in [-0.15, -0.1) is 0 Å². The highest BCUT2D eigenvalue weighted by Crippen LogP contribution is 2.61. The molecule has 0 heterocycles. The van der Waals surface area contributed by atoms with E-state index in [9.17, 15) is 0 Å². The molecule has 0 aromatic heterocycles. The molecule has 2 nitrogen and oxygen atoms in total. The molecule has 5 atom stereocenters. The maximum atomic E-state index is 6.23. The fraction of sp³-hybridized carbons (Fsp3) is 0.741. The number of rotatable bonds is 5. The van der Waals surface area contributed by atoms with Crippen LogP contribution in [0.4, 0.5) is 0 Å². The Balaban J connectivity index is 1.59. The highest BCUT2D eigenvalue weighted by Gasteiger charge is 2.55. The summed E-state index contributed by atoms with van der Waals surface area (Å²) in [6.45, 7) is 8.21. The molecule has 30 heavy (non-hydrogen) atoms. The molecule has 166 valence electrons. The van der Waals surface area contributed by atoms with Crippen molar-refractivity contribution in [3.63, 3.8) is 0 Å². The van der Waals surface area contributed by atoms with Crippen molar-refractivity contribution in [2.75, 3.05) is 6.54 Å². The molecule has 1 aromatic rings. The minimum absolute atomic E-state index is 0.146. The molecule has 3 aliphatic carbocycles. The monoisotopic (exact) mass is 426 g/mol. The molecule has 4 rings (SSSR count). The molecule has 5 unspecified atom stereocenters. The van der Waals surface area contributed by atoms with Crippen LogP contribution in [0.1, 0.15) is 84.1 Å². The normalized spacial score (nSPS) is 41.3. The second kappa shape index (κ2) is 8.90. The quantitative estimate of drug-likeness (QED) is 0.548. The Morgan fingerprint density at radius 1 is 1.07 bits per heavy atom. The summed E-state index contributed by atoms with van der Waals surface area (Å²) in [5.41, 5.74) is 7.90. The van der Waals surface area contributed by atoms with Gasteiger partial charge in [0.05, 0.1) is 4.99 Å². The highest BCUT2D eigenvalue weighted by molar-refractivity contribution is 7.80. The lowest BCUT2D eigenvalue weighted by molar-refractivity contribution is 0.00318. The largest absolute Gasteiger partial charge is 0.376 e. The number of thiocarbonyl (C=S) groups is 1. The van der Waals surface area contributed by atoms with Crippen LogP contribution in [0.15, 0.2) is 30.3 Å². The van der Waals surface area contributed by atoms with Gasteiger partial charge >= 0.3 is 0 Å². The second-order valence-corrected chi connectivity index (χ2v) is 11.5. The van der Waals surface area contributed by atoms with Crippen LogP contribution >= 0.6 is 12.2 Å². The van der Waals surface area contributed by atoms with Gasteiger partial charge in [0.1, 0.15) is 0 Å². The molecule has 0 spiro atoms. The van der Waals surface area contributed by atoms with Gasteiger partial charge in [-0.3, -0.25) is 0 Å². The Bertz CT molecular complexity index is 722. The van der Waals surface area contributed by atoms with Crippen molar-refractivity contribution in [3.8, 4) is 0 Å². The fourth-order valence-corrected chi connectivity index (χ4v) is 7.74. The molecule has 0 saturated heterocycles. The lowest BCUT2D eigenvalue weighted by atomic mass is 9.47. The summed E-state index contributed by atoms with van der Waals surface area (Å²) in [6, 6.07) is 11.9. The van der Waals surface area contributed by atoms with E-state index in [1.54, 1.807) is 5.56 Å². The highest BCUT2D eigenvalue weighted by atomic mass is 32.1. The first-order chi connectivity index (χ1) is 14.4. The average Bonchev–Trinajstić information content (AvgIpc) is 2.78. The number of benzene rings is 1. The Labute approximate surface area is 189 Å². The van der Waals surface area contributed by atoms with Gasteiger partial charge in [0.15, 0.2) is 0 Å². The van der Waals surface area contributed by atoms with Gasteiger partial charge in [-0.25, -0.2) is 0 Å². The molecule has 0 amide bonds. The van der Waals surface area contributed by atoms with Crippen LogP contribution in [0.5, 0.6) is 0 Å². The fourth-order valence-electron chi connectivity index (χ4n) is 7.28. The van der Waals surface area contributed by atoms with E-state index in [1.807, 2.05) is 0 Å². The molecule has 2 bridgehead atoms. The predicted molar refractivity (Wildman–Crippen MR) is 132 cm³/mol. The molecule has 3 aliphatic rings.